The molecule has 1 aliphatic rings. The molecule has 0 unspecified atom stereocenters. The number of nitrogens with zero attached hydrogens (tertiary/aromatic N) is 2. The van der Waals surface area contributed by atoms with Gasteiger partial charge in [0.25, 0.3) is 0 Å². The van der Waals surface area contributed by atoms with Crippen molar-refractivity contribution < 1.29 is 0 Å². The highest BCUT2D eigenvalue weighted by atomic mass is 35.5. The first kappa shape index (κ1) is 20.1. The van der Waals surface area contributed by atoms with E-state index in [1.54, 1.807) is 0 Å². The summed E-state index contributed by atoms with van der Waals surface area (Å²) < 4.78 is 0. The van der Waals surface area contributed by atoms with Crippen LogP contribution >= 0.6 is 11.6 Å². The molecule has 0 aromatic heterocycles. The number of aliphatic imine (C=N–C) groups is 1. The quantitative estimate of drug-likeness (QED) is 0.440. The van der Waals surface area contributed by atoms with E-state index in [-0.39, 0.29) is 0 Å². The fourth-order valence-electron chi connectivity index (χ4n) is 3.20. The molecule has 0 aliphatic carbocycles. The first-order valence-electron chi connectivity index (χ1n) is 9.61. The normalized spacial score (nSPS) is 17.1. The van der Waals surface area contributed by atoms with E-state index in [1.807, 2.05) is 12.1 Å². The van der Waals surface area contributed by atoms with Crippen molar-refractivity contribution in [1.82, 2.24) is 15.5 Å². The summed E-state index contributed by atoms with van der Waals surface area (Å²) in [4.78, 5) is 7.30. The van der Waals surface area contributed by atoms with Crippen molar-refractivity contribution in [3.05, 3.63) is 34.9 Å². The molecule has 4 nitrogen and oxygen atoms in total. The van der Waals surface area contributed by atoms with E-state index < -0.39 is 0 Å². The van der Waals surface area contributed by atoms with Crippen LogP contribution in [0, 0.1) is 0 Å². The number of rotatable bonds is 7. The number of hydrogen-bond acceptors (Lipinski definition) is 2. The second kappa shape index (κ2) is 10.7. The van der Waals surface area contributed by atoms with Gasteiger partial charge in [-0.2, -0.15) is 0 Å². The molecule has 1 saturated heterocycles. The van der Waals surface area contributed by atoms with Gasteiger partial charge in [-0.3, -0.25) is 4.99 Å². The molecule has 1 fully saturated rings. The molecule has 0 amide bonds. The predicted molar refractivity (Wildman–Crippen MR) is 109 cm³/mol. The van der Waals surface area contributed by atoms with Gasteiger partial charge in [-0.15, -0.1) is 0 Å². The molecule has 0 radical (unpaired) electrons. The average molecular weight is 365 g/mol. The van der Waals surface area contributed by atoms with Crippen molar-refractivity contribution in [2.24, 2.45) is 4.99 Å². The maximum absolute atomic E-state index is 5.93. The van der Waals surface area contributed by atoms with Crippen molar-refractivity contribution in [3.63, 3.8) is 0 Å². The number of nitrogens with one attached hydrogen (secondary N) is 2. The Morgan fingerprint density at radius 1 is 1.24 bits per heavy atom. The zero-order valence-electron chi connectivity index (χ0n) is 15.9. The smallest absolute Gasteiger partial charge is 0.191 e. The van der Waals surface area contributed by atoms with Crippen molar-refractivity contribution in [1.29, 1.82) is 0 Å². The van der Waals surface area contributed by atoms with Gasteiger partial charge < -0.3 is 15.5 Å². The van der Waals surface area contributed by atoms with Crippen LogP contribution in [0.15, 0.2) is 29.3 Å². The van der Waals surface area contributed by atoms with Crippen LogP contribution < -0.4 is 10.6 Å². The molecule has 1 aromatic carbocycles. The van der Waals surface area contributed by atoms with Crippen LogP contribution in [0.1, 0.15) is 45.6 Å². The van der Waals surface area contributed by atoms with Crippen LogP contribution in [-0.4, -0.2) is 49.1 Å². The molecule has 2 rings (SSSR count). The Balaban J connectivity index is 1.75. The molecule has 25 heavy (non-hydrogen) atoms. The van der Waals surface area contributed by atoms with Gasteiger partial charge >= 0.3 is 0 Å². The summed E-state index contributed by atoms with van der Waals surface area (Å²) in [6.07, 6.45) is 4.46. The molecule has 0 bridgehead atoms. The van der Waals surface area contributed by atoms with Gasteiger partial charge in [0.05, 0.1) is 0 Å². The van der Waals surface area contributed by atoms with Crippen LogP contribution in [0.3, 0.4) is 0 Å². The maximum atomic E-state index is 5.93. The largest absolute Gasteiger partial charge is 0.357 e. The predicted octanol–water partition coefficient (Wildman–Crippen LogP) is 3.70. The van der Waals surface area contributed by atoms with Crippen LogP contribution in [0.5, 0.6) is 0 Å². The number of piperidine rings is 1. The average Bonchev–Trinajstić information content (AvgIpc) is 2.61. The highest BCUT2D eigenvalue weighted by Gasteiger charge is 2.21. The summed E-state index contributed by atoms with van der Waals surface area (Å²) >= 11 is 5.93. The summed E-state index contributed by atoms with van der Waals surface area (Å²) in [6, 6.07) is 9.28. The number of halogens is 1. The van der Waals surface area contributed by atoms with E-state index in [0.717, 1.165) is 36.9 Å². The highest BCUT2D eigenvalue weighted by Crippen LogP contribution is 2.13. The Morgan fingerprint density at radius 2 is 1.92 bits per heavy atom. The molecule has 1 aliphatic heterocycles. The van der Waals surface area contributed by atoms with Crippen molar-refractivity contribution in [2.45, 2.75) is 58.5 Å². The number of guanidine groups is 1. The standard InChI is InChI=1S/C20H33ClN4/c1-4-22-20(24-19-11-14-25(15-12-19)16(2)3)23-13-5-6-17-7-9-18(21)10-8-17/h7-10,16,19H,4-6,11-15H2,1-3H3,(H2,22,23,24). The molecule has 5 heteroatoms. The molecule has 2 N–H and O–H groups in total. The first-order valence-corrected chi connectivity index (χ1v) is 9.99. The zero-order chi connectivity index (χ0) is 18.1. The summed E-state index contributed by atoms with van der Waals surface area (Å²) in [6.45, 7) is 10.7. The Bertz CT molecular complexity index is 519. The van der Waals surface area contributed by atoms with Gasteiger partial charge in [0, 0.05) is 43.3 Å². The van der Waals surface area contributed by atoms with Crippen LogP contribution in [0.25, 0.3) is 0 Å². The lowest BCUT2D eigenvalue weighted by molar-refractivity contribution is 0.167. The van der Waals surface area contributed by atoms with Gasteiger partial charge in [0.15, 0.2) is 5.96 Å². The lowest BCUT2D eigenvalue weighted by Gasteiger charge is -2.35. The van der Waals surface area contributed by atoms with Crippen molar-refractivity contribution in [2.75, 3.05) is 26.2 Å². The lowest BCUT2D eigenvalue weighted by atomic mass is 10.0. The molecule has 1 aromatic rings. The summed E-state index contributed by atoms with van der Waals surface area (Å²) in [5, 5.41) is 7.79. The number of likely N-dealkylation sites (tertiary alicyclic amines) is 1. The minimum atomic E-state index is 0.532. The fourth-order valence-corrected chi connectivity index (χ4v) is 3.32. The third-order valence-electron chi connectivity index (χ3n) is 4.75. The topological polar surface area (TPSA) is 39.7 Å². The summed E-state index contributed by atoms with van der Waals surface area (Å²) in [7, 11) is 0. The molecule has 0 saturated carbocycles. The van der Waals surface area contributed by atoms with Gasteiger partial charge in [-0.1, -0.05) is 23.7 Å². The molecule has 0 atom stereocenters. The second-order valence-corrected chi connectivity index (χ2v) is 7.48. The Hall–Kier alpha value is -1.26. The fraction of sp³-hybridized carbons (Fsp3) is 0.650. The van der Waals surface area contributed by atoms with Crippen molar-refractivity contribution >= 4 is 17.6 Å². The zero-order valence-corrected chi connectivity index (χ0v) is 16.6. The van der Waals surface area contributed by atoms with Crippen LogP contribution in [0.4, 0.5) is 0 Å². The summed E-state index contributed by atoms with van der Waals surface area (Å²) in [5.41, 5.74) is 1.32. The van der Waals surface area contributed by atoms with E-state index in [4.69, 9.17) is 16.6 Å². The maximum Gasteiger partial charge on any atom is 0.191 e. The van der Waals surface area contributed by atoms with E-state index in [9.17, 15) is 0 Å². The monoisotopic (exact) mass is 364 g/mol. The van der Waals surface area contributed by atoms with E-state index in [0.29, 0.717) is 12.1 Å². The van der Waals surface area contributed by atoms with Gasteiger partial charge in [-0.25, -0.2) is 0 Å². The number of aryl methyl sites for hydroxylation is 1. The third kappa shape index (κ3) is 7.25. The minimum absolute atomic E-state index is 0.532. The molecular weight excluding hydrogens is 332 g/mol. The SMILES string of the molecule is CCNC(=NCCCc1ccc(Cl)cc1)NC1CCN(C(C)C)CC1. The minimum Gasteiger partial charge on any atom is -0.357 e. The Kier molecular flexibility index (Phi) is 8.56. The van der Waals surface area contributed by atoms with Crippen LogP contribution in [0.2, 0.25) is 5.02 Å². The van der Waals surface area contributed by atoms with Crippen LogP contribution in [-0.2, 0) is 6.42 Å². The Morgan fingerprint density at radius 3 is 2.52 bits per heavy atom. The van der Waals surface area contributed by atoms with Gasteiger partial charge in [0.2, 0.25) is 0 Å². The third-order valence-corrected chi connectivity index (χ3v) is 5.00. The number of hydrogen-bond donors (Lipinski definition) is 2. The molecule has 140 valence electrons. The van der Waals surface area contributed by atoms with E-state index in [2.05, 4.69) is 48.4 Å². The second-order valence-electron chi connectivity index (χ2n) is 7.04. The molecular formula is C20H33ClN4. The lowest BCUT2D eigenvalue weighted by Crippen LogP contribution is -2.49. The van der Waals surface area contributed by atoms with Gasteiger partial charge in [-0.05, 0) is 64.2 Å². The number of benzene rings is 1. The molecule has 1 heterocycles. The Labute approximate surface area is 158 Å². The summed E-state index contributed by atoms with van der Waals surface area (Å²) in [5.74, 6) is 0.960. The van der Waals surface area contributed by atoms with Crippen molar-refractivity contribution in [3.8, 4) is 0 Å². The van der Waals surface area contributed by atoms with E-state index in [1.165, 1.54) is 31.5 Å². The molecule has 0 spiro atoms. The first-order chi connectivity index (χ1) is 12.1. The highest BCUT2D eigenvalue weighted by molar-refractivity contribution is 6.30. The van der Waals surface area contributed by atoms with Gasteiger partial charge in [0.1, 0.15) is 0 Å². The van der Waals surface area contributed by atoms with E-state index >= 15 is 0 Å².